The molecule has 0 bridgehead atoms. The summed E-state index contributed by atoms with van der Waals surface area (Å²) in [5.74, 6) is 1.62. The topological polar surface area (TPSA) is 115 Å². The molecular formula is C22H27N7O3. The quantitative estimate of drug-likeness (QED) is 0.493. The molecule has 32 heavy (non-hydrogen) atoms. The molecule has 0 unspecified atom stereocenters. The van der Waals surface area contributed by atoms with Crippen LogP contribution in [0.25, 0.3) is 5.65 Å². The highest BCUT2D eigenvalue weighted by Gasteiger charge is 2.31. The first-order chi connectivity index (χ1) is 15.6. The second kappa shape index (κ2) is 8.62. The molecule has 0 aromatic carbocycles. The van der Waals surface area contributed by atoms with Gasteiger partial charge in [-0.3, -0.25) is 4.79 Å². The van der Waals surface area contributed by atoms with Crippen LogP contribution < -0.4 is 20.7 Å². The molecule has 5 rings (SSSR count). The van der Waals surface area contributed by atoms with E-state index in [4.69, 9.17) is 9.47 Å². The molecule has 3 aromatic heterocycles. The van der Waals surface area contributed by atoms with Crippen LogP contribution >= 0.6 is 0 Å². The molecule has 168 valence electrons. The number of aromatic nitrogens is 4. The molecule has 10 heteroatoms. The van der Waals surface area contributed by atoms with Gasteiger partial charge < -0.3 is 25.4 Å². The number of nitrogens with one attached hydrogen (secondary N) is 3. The number of ether oxygens (including phenoxy) is 2. The van der Waals surface area contributed by atoms with E-state index in [0.717, 1.165) is 32.1 Å². The lowest BCUT2D eigenvalue weighted by atomic mass is 9.92. The summed E-state index contributed by atoms with van der Waals surface area (Å²) in [7, 11) is 3.52. The van der Waals surface area contributed by atoms with Gasteiger partial charge in [0.2, 0.25) is 5.88 Å². The standard InChI is InChI=1S/C22H27N7O3/c1-23-19-11-18(27-17-7-4-8-24-22(17)32-15-9-14(10-15)31-2)28-20-16(12-25-29(19)20)21(30)26-13-5-3-6-13/h4,7-8,11-15,23H,3,5-6,9-10H2,1-2H3,(H,26,30)(H,27,28)/t14-,15-. The van der Waals surface area contributed by atoms with Crippen LogP contribution in [0.4, 0.5) is 17.3 Å². The fourth-order valence-corrected chi connectivity index (χ4v) is 3.86. The van der Waals surface area contributed by atoms with Gasteiger partial charge in [-0.1, -0.05) is 0 Å². The Labute approximate surface area is 185 Å². The Bertz CT molecular complexity index is 1120. The number of carbonyl (C=O) groups excluding carboxylic acids is 1. The molecule has 0 radical (unpaired) electrons. The highest BCUT2D eigenvalue weighted by Crippen LogP contribution is 2.32. The van der Waals surface area contributed by atoms with Crippen LogP contribution in [-0.4, -0.2) is 57.9 Å². The maximum absolute atomic E-state index is 12.8. The van der Waals surface area contributed by atoms with E-state index in [1.54, 1.807) is 31.1 Å². The van der Waals surface area contributed by atoms with Gasteiger partial charge in [-0.2, -0.15) is 9.61 Å². The van der Waals surface area contributed by atoms with Gasteiger partial charge in [0.15, 0.2) is 5.65 Å². The van der Waals surface area contributed by atoms with Gasteiger partial charge in [0.1, 0.15) is 29.0 Å². The fourth-order valence-electron chi connectivity index (χ4n) is 3.86. The Kier molecular flexibility index (Phi) is 5.52. The number of rotatable bonds is 8. The zero-order valence-corrected chi connectivity index (χ0v) is 18.2. The summed E-state index contributed by atoms with van der Waals surface area (Å²) in [6.45, 7) is 0. The second-order valence-corrected chi connectivity index (χ2v) is 8.22. The summed E-state index contributed by atoms with van der Waals surface area (Å²) >= 11 is 0. The monoisotopic (exact) mass is 437 g/mol. The van der Waals surface area contributed by atoms with Crippen molar-refractivity contribution in [2.24, 2.45) is 0 Å². The largest absolute Gasteiger partial charge is 0.473 e. The maximum Gasteiger partial charge on any atom is 0.256 e. The van der Waals surface area contributed by atoms with Crippen LogP contribution in [0.15, 0.2) is 30.6 Å². The minimum atomic E-state index is -0.153. The van der Waals surface area contributed by atoms with Gasteiger partial charge >= 0.3 is 0 Å². The van der Waals surface area contributed by atoms with Crippen molar-refractivity contribution in [3.05, 3.63) is 36.2 Å². The lowest BCUT2D eigenvalue weighted by molar-refractivity contribution is -0.0393. The van der Waals surface area contributed by atoms with Crippen LogP contribution in [0.1, 0.15) is 42.5 Å². The zero-order chi connectivity index (χ0) is 22.1. The number of anilines is 3. The van der Waals surface area contributed by atoms with E-state index in [2.05, 4.69) is 31.0 Å². The predicted octanol–water partition coefficient (Wildman–Crippen LogP) is 2.75. The molecule has 1 amide bonds. The van der Waals surface area contributed by atoms with Crippen LogP contribution in [0.5, 0.6) is 5.88 Å². The van der Waals surface area contributed by atoms with E-state index < -0.39 is 0 Å². The Morgan fingerprint density at radius 3 is 2.81 bits per heavy atom. The van der Waals surface area contributed by atoms with E-state index in [1.165, 1.54) is 0 Å². The summed E-state index contributed by atoms with van der Waals surface area (Å²) < 4.78 is 13.0. The molecular weight excluding hydrogens is 410 g/mol. The van der Waals surface area contributed by atoms with Crippen molar-refractivity contribution in [2.45, 2.75) is 50.4 Å². The van der Waals surface area contributed by atoms with Crippen LogP contribution in [0.3, 0.4) is 0 Å². The van der Waals surface area contributed by atoms with Crippen LogP contribution in [0.2, 0.25) is 0 Å². The van der Waals surface area contributed by atoms with E-state index in [-0.39, 0.29) is 24.2 Å². The summed E-state index contributed by atoms with van der Waals surface area (Å²) in [5, 5.41) is 13.8. The molecule has 3 aromatic rings. The molecule has 0 atom stereocenters. The molecule has 3 heterocycles. The third-order valence-electron chi connectivity index (χ3n) is 6.11. The maximum atomic E-state index is 12.8. The number of pyridine rings is 1. The molecule has 3 N–H and O–H groups in total. The van der Waals surface area contributed by atoms with Gasteiger partial charge in [0.05, 0.1) is 12.3 Å². The molecule has 2 aliphatic rings. The lowest BCUT2D eigenvalue weighted by Gasteiger charge is -2.34. The highest BCUT2D eigenvalue weighted by molar-refractivity contribution is 6.00. The summed E-state index contributed by atoms with van der Waals surface area (Å²) in [5.41, 5.74) is 1.62. The van der Waals surface area contributed by atoms with Crippen molar-refractivity contribution < 1.29 is 14.3 Å². The van der Waals surface area contributed by atoms with Gasteiger partial charge in [0, 0.05) is 45.3 Å². The molecule has 0 saturated heterocycles. The van der Waals surface area contributed by atoms with Gasteiger partial charge in [-0.05, 0) is 31.4 Å². The van der Waals surface area contributed by atoms with Crippen molar-refractivity contribution in [1.29, 1.82) is 0 Å². The second-order valence-electron chi connectivity index (χ2n) is 8.22. The third-order valence-corrected chi connectivity index (χ3v) is 6.11. The van der Waals surface area contributed by atoms with Crippen LogP contribution in [-0.2, 0) is 4.74 Å². The Morgan fingerprint density at radius 2 is 2.09 bits per heavy atom. The van der Waals surface area contributed by atoms with E-state index >= 15 is 0 Å². The molecule has 2 saturated carbocycles. The van der Waals surface area contributed by atoms with Gasteiger partial charge in [0.25, 0.3) is 5.91 Å². The average Bonchev–Trinajstić information content (AvgIpc) is 3.17. The minimum absolute atomic E-state index is 0.0790. The lowest BCUT2D eigenvalue weighted by Crippen LogP contribution is -2.39. The third kappa shape index (κ3) is 3.93. The van der Waals surface area contributed by atoms with E-state index in [9.17, 15) is 4.79 Å². The normalized spacial score (nSPS) is 20.3. The predicted molar refractivity (Wildman–Crippen MR) is 120 cm³/mol. The molecule has 0 aliphatic heterocycles. The van der Waals surface area contributed by atoms with Crippen molar-refractivity contribution in [2.75, 3.05) is 24.8 Å². The molecule has 0 spiro atoms. The summed E-state index contributed by atoms with van der Waals surface area (Å²) in [6.07, 6.45) is 8.45. The first kappa shape index (κ1) is 20.5. The fraction of sp³-hybridized carbons (Fsp3) is 0.455. The number of hydrogen-bond acceptors (Lipinski definition) is 8. The summed E-state index contributed by atoms with van der Waals surface area (Å²) in [6, 6.07) is 5.79. The van der Waals surface area contributed by atoms with Crippen molar-refractivity contribution in [3.63, 3.8) is 0 Å². The van der Waals surface area contributed by atoms with Crippen molar-refractivity contribution >= 4 is 28.9 Å². The van der Waals surface area contributed by atoms with Gasteiger partial charge in [-0.25, -0.2) is 9.97 Å². The molecule has 10 nitrogen and oxygen atoms in total. The summed E-state index contributed by atoms with van der Waals surface area (Å²) in [4.78, 5) is 21.8. The first-order valence-corrected chi connectivity index (χ1v) is 10.9. The van der Waals surface area contributed by atoms with E-state index in [1.807, 2.05) is 18.2 Å². The number of fused-ring (bicyclic) bond motifs is 1. The van der Waals surface area contributed by atoms with Crippen LogP contribution in [0, 0.1) is 0 Å². The number of amides is 1. The number of nitrogens with zero attached hydrogens (tertiary/aromatic N) is 4. The average molecular weight is 438 g/mol. The smallest absolute Gasteiger partial charge is 0.256 e. The Hall–Kier alpha value is -3.40. The number of carbonyl (C=O) groups is 1. The number of hydrogen-bond donors (Lipinski definition) is 3. The molecule has 2 fully saturated rings. The van der Waals surface area contributed by atoms with Crippen molar-refractivity contribution in [3.8, 4) is 5.88 Å². The molecule has 2 aliphatic carbocycles. The first-order valence-electron chi connectivity index (χ1n) is 10.9. The highest BCUT2D eigenvalue weighted by atomic mass is 16.5. The van der Waals surface area contributed by atoms with Crippen molar-refractivity contribution in [1.82, 2.24) is 24.9 Å². The Balaban J connectivity index is 1.41. The zero-order valence-electron chi connectivity index (χ0n) is 18.2. The minimum Gasteiger partial charge on any atom is -0.473 e. The SMILES string of the molecule is CNc1cc(Nc2cccnc2O[C@H]2C[C@H](OC)C2)nc2c(C(=O)NC3CCC3)cnn12. The van der Waals surface area contributed by atoms with Gasteiger partial charge in [-0.15, -0.1) is 0 Å². The number of methoxy groups -OCH3 is 1. The van der Waals surface area contributed by atoms with E-state index in [0.29, 0.717) is 34.4 Å². The Morgan fingerprint density at radius 1 is 1.25 bits per heavy atom.